The summed E-state index contributed by atoms with van der Waals surface area (Å²) in [4.78, 5) is 18.5. The lowest BCUT2D eigenvalue weighted by molar-refractivity contribution is -0.128. The highest BCUT2D eigenvalue weighted by Gasteiger charge is 2.26. The molecule has 1 aliphatic heterocycles. The Kier molecular flexibility index (Phi) is 9.16. The van der Waals surface area contributed by atoms with Gasteiger partial charge in [0.25, 0.3) is 0 Å². The maximum atomic E-state index is 12.0. The lowest BCUT2D eigenvalue weighted by atomic mass is 10.0. The Morgan fingerprint density at radius 1 is 1.23 bits per heavy atom. The second kappa shape index (κ2) is 11.4. The predicted molar refractivity (Wildman–Crippen MR) is 128 cm³/mol. The van der Waals surface area contributed by atoms with Crippen molar-refractivity contribution in [3.8, 4) is 0 Å². The van der Waals surface area contributed by atoms with Gasteiger partial charge in [0.15, 0.2) is 5.96 Å². The van der Waals surface area contributed by atoms with Crippen LogP contribution in [0.4, 0.5) is 0 Å². The molecule has 1 aromatic heterocycles. The Morgan fingerprint density at radius 3 is 2.63 bits per heavy atom. The number of guanidine groups is 1. The van der Waals surface area contributed by atoms with Gasteiger partial charge in [-0.3, -0.25) is 4.79 Å². The van der Waals surface area contributed by atoms with E-state index < -0.39 is 5.60 Å². The van der Waals surface area contributed by atoms with Crippen molar-refractivity contribution in [2.75, 3.05) is 19.6 Å². The minimum atomic E-state index is -1.15. The number of hydrogen-bond donors (Lipinski definition) is 3. The summed E-state index contributed by atoms with van der Waals surface area (Å²) in [5.74, 6) is 1.34. The Morgan fingerprint density at radius 2 is 2.00 bits per heavy atom. The highest BCUT2D eigenvalue weighted by atomic mass is 127. The van der Waals surface area contributed by atoms with Crippen molar-refractivity contribution in [1.29, 1.82) is 0 Å². The van der Waals surface area contributed by atoms with Crippen LogP contribution < -0.4 is 10.6 Å². The lowest BCUT2D eigenvalue weighted by Crippen LogP contribution is -2.44. The summed E-state index contributed by atoms with van der Waals surface area (Å²) in [6.07, 6.45) is 3.12. The monoisotopic (exact) mass is 526 g/mol. The van der Waals surface area contributed by atoms with Crippen molar-refractivity contribution >= 4 is 35.8 Å². The van der Waals surface area contributed by atoms with Gasteiger partial charge in [0.2, 0.25) is 5.91 Å². The van der Waals surface area contributed by atoms with Crippen LogP contribution in [-0.2, 0) is 23.5 Å². The van der Waals surface area contributed by atoms with Crippen molar-refractivity contribution < 1.29 is 14.3 Å². The van der Waals surface area contributed by atoms with Crippen LogP contribution in [0.25, 0.3) is 0 Å². The van der Waals surface area contributed by atoms with Gasteiger partial charge in [0, 0.05) is 26.1 Å². The molecule has 3 N–H and O–H groups in total. The van der Waals surface area contributed by atoms with Crippen LogP contribution in [0.2, 0.25) is 0 Å². The molecular formula is C22H31IN4O3. The highest BCUT2D eigenvalue weighted by molar-refractivity contribution is 14.0. The fourth-order valence-electron chi connectivity index (χ4n) is 3.38. The highest BCUT2D eigenvalue weighted by Crippen LogP contribution is 2.20. The predicted octanol–water partition coefficient (Wildman–Crippen LogP) is 2.98. The van der Waals surface area contributed by atoms with Crippen LogP contribution in [0, 0.1) is 0 Å². The fraction of sp³-hybridized carbons (Fsp3) is 0.455. The van der Waals surface area contributed by atoms with Gasteiger partial charge in [-0.2, -0.15) is 0 Å². The first-order valence-electron chi connectivity index (χ1n) is 10.1. The van der Waals surface area contributed by atoms with Gasteiger partial charge in [-0.1, -0.05) is 24.3 Å². The van der Waals surface area contributed by atoms with E-state index in [0.29, 0.717) is 37.8 Å². The Balaban J connectivity index is 0.00000320. The molecule has 2 heterocycles. The smallest absolute Gasteiger partial charge is 0.222 e. The number of likely N-dealkylation sites (tertiary alicyclic amines) is 1. The SMILES string of the molecule is CCNC(=NCc1ccccc1CN1CCCC1=O)NCC(C)(O)c1ccco1.I. The number of aliphatic hydroxyl groups is 1. The minimum Gasteiger partial charge on any atom is -0.466 e. The summed E-state index contributed by atoms with van der Waals surface area (Å²) >= 11 is 0. The summed E-state index contributed by atoms with van der Waals surface area (Å²) in [5.41, 5.74) is 1.06. The number of nitrogens with zero attached hydrogens (tertiary/aromatic N) is 2. The topological polar surface area (TPSA) is 90.1 Å². The summed E-state index contributed by atoms with van der Waals surface area (Å²) in [6, 6.07) is 11.6. The van der Waals surface area contributed by atoms with Crippen molar-refractivity contribution in [2.45, 2.75) is 45.4 Å². The first kappa shape index (κ1) is 24.2. The molecule has 0 radical (unpaired) electrons. The summed E-state index contributed by atoms with van der Waals surface area (Å²) in [7, 11) is 0. The summed E-state index contributed by atoms with van der Waals surface area (Å²) in [6.45, 7) is 6.59. The molecule has 7 nitrogen and oxygen atoms in total. The van der Waals surface area contributed by atoms with E-state index >= 15 is 0 Å². The fourth-order valence-corrected chi connectivity index (χ4v) is 3.38. The molecule has 0 aliphatic carbocycles. The third-order valence-corrected chi connectivity index (χ3v) is 5.05. The zero-order valence-corrected chi connectivity index (χ0v) is 19.9. The number of nitrogens with one attached hydrogen (secondary N) is 2. The van der Waals surface area contributed by atoms with Gasteiger partial charge in [-0.25, -0.2) is 4.99 Å². The molecule has 2 aromatic rings. The van der Waals surface area contributed by atoms with Crippen LogP contribution >= 0.6 is 24.0 Å². The molecule has 0 spiro atoms. The average Bonchev–Trinajstić information content (AvgIpc) is 3.38. The number of benzene rings is 1. The number of carbonyl (C=O) groups excluding carboxylic acids is 1. The molecule has 1 fully saturated rings. The van der Waals surface area contributed by atoms with E-state index in [9.17, 15) is 9.90 Å². The molecule has 164 valence electrons. The molecule has 1 saturated heterocycles. The van der Waals surface area contributed by atoms with Gasteiger partial charge in [-0.05, 0) is 43.5 Å². The minimum absolute atomic E-state index is 0. The third kappa shape index (κ3) is 6.46. The number of halogens is 1. The zero-order chi connectivity index (χ0) is 20.7. The second-order valence-electron chi connectivity index (χ2n) is 7.49. The third-order valence-electron chi connectivity index (χ3n) is 5.05. The number of furan rings is 1. The van der Waals surface area contributed by atoms with Crippen molar-refractivity contribution in [2.24, 2.45) is 4.99 Å². The number of carbonyl (C=O) groups is 1. The maximum Gasteiger partial charge on any atom is 0.222 e. The van der Waals surface area contributed by atoms with E-state index in [0.717, 1.165) is 24.1 Å². The van der Waals surface area contributed by atoms with E-state index in [1.807, 2.05) is 30.0 Å². The van der Waals surface area contributed by atoms with Crippen LogP contribution in [0.5, 0.6) is 0 Å². The van der Waals surface area contributed by atoms with Crippen molar-refractivity contribution in [1.82, 2.24) is 15.5 Å². The van der Waals surface area contributed by atoms with Gasteiger partial charge in [0.1, 0.15) is 11.4 Å². The summed E-state index contributed by atoms with van der Waals surface area (Å²) in [5, 5.41) is 17.0. The standard InChI is InChI=1S/C22H30N4O3.HI/c1-3-23-21(25-16-22(2,28)19-10-7-13-29-19)24-14-17-8-4-5-9-18(17)15-26-12-6-11-20(26)27;/h4-5,7-10,13,28H,3,6,11-12,14-16H2,1-2H3,(H2,23,24,25);1H. The second-order valence-corrected chi connectivity index (χ2v) is 7.49. The summed E-state index contributed by atoms with van der Waals surface area (Å²) < 4.78 is 5.33. The molecule has 1 atom stereocenters. The van der Waals surface area contributed by atoms with Crippen LogP contribution in [0.1, 0.15) is 43.6 Å². The van der Waals surface area contributed by atoms with E-state index in [1.165, 1.54) is 0 Å². The Hall–Kier alpha value is -2.07. The van der Waals surface area contributed by atoms with Gasteiger partial charge >= 0.3 is 0 Å². The molecule has 1 aromatic carbocycles. The number of hydrogen-bond acceptors (Lipinski definition) is 4. The molecule has 0 saturated carbocycles. The van der Waals surface area contributed by atoms with Gasteiger partial charge < -0.3 is 25.1 Å². The van der Waals surface area contributed by atoms with Crippen LogP contribution in [0.3, 0.4) is 0 Å². The molecule has 3 rings (SSSR count). The normalized spacial score (nSPS) is 16.2. The molecule has 1 aliphatic rings. The maximum absolute atomic E-state index is 12.0. The van der Waals surface area contributed by atoms with Gasteiger partial charge in [-0.15, -0.1) is 24.0 Å². The molecule has 8 heteroatoms. The molecule has 0 bridgehead atoms. The van der Waals surface area contributed by atoms with Crippen molar-refractivity contribution in [3.63, 3.8) is 0 Å². The van der Waals surface area contributed by atoms with E-state index in [1.54, 1.807) is 25.3 Å². The lowest BCUT2D eigenvalue weighted by Gasteiger charge is -2.23. The molecule has 1 amide bonds. The van der Waals surface area contributed by atoms with Crippen molar-refractivity contribution in [3.05, 3.63) is 59.5 Å². The van der Waals surface area contributed by atoms with Gasteiger partial charge in [0.05, 0.1) is 19.4 Å². The van der Waals surface area contributed by atoms with E-state index in [2.05, 4.69) is 21.7 Å². The first-order chi connectivity index (χ1) is 14.0. The van der Waals surface area contributed by atoms with E-state index in [-0.39, 0.29) is 36.4 Å². The van der Waals surface area contributed by atoms with E-state index in [4.69, 9.17) is 4.42 Å². The number of rotatable bonds is 8. The molecular weight excluding hydrogens is 495 g/mol. The average molecular weight is 526 g/mol. The first-order valence-corrected chi connectivity index (χ1v) is 10.1. The Bertz CT molecular complexity index is 837. The molecule has 1 unspecified atom stereocenters. The zero-order valence-electron chi connectivity index (χ0n) is 17.6. The Labute approximate surface area is 195 Å². The largest absolute Gasteiger partial charge is 0.466 e. The molecule has 30 heavy (non-hydrogen) atoms. The van der Waals surface area contributed by atoms with Crippen LogP contribution in [-0.4, -0.2) is 41.5 Å². The number of aliphatic imine (C=N–C) groups is 1. The quantitative estimate of drug-likeness (QED) is 0.280. The number of amides is 1. The van der Waals surface area contributed by atoms with Crippen LogP contribution in [0.15, 0.2) is 52.1 Å².